The van der Waals surface area contributed by atoms with Crippen molar-refractivity contribution in [3.63, 3.8) is 0 Å². The fourth-order valence-corrected chi connectivity index (χ4v) is 12.0. The molecule has 2 heteroatoms. The van der Waals surface area contributed by atoms with Gasteiger partial charge >= 0.3 is 0 Å². The molecule has 53 heavy (non-hydrogen) atoms. The lowest BCUT2D eigenvalue weighted by molar-refractivity contribution is 0.353. The van der Waals surface area contributed by atoms with Gasteiger partial charge in [0, 0.05) is 47.5 Å². The van der Waals surface area contributed by atoms with E-state index in [1.165, 1.54) is 124 Å². The predicted octanol–water partition coefficient (Wildman–Crippen LogP) is 14.4. The number of thiophene rings is 1. The number of nitrogens with zero attached hydrogens (tertiary/aromatic N) is 1. The van der Waals surface area contributed by atoms with E-state index in [0.717, 1.165) is 0 Å². The first kappa shape index (κ1) is 30.1. The van der Waals surface area contributed by atoms with Crippen molar-refractivity contribution in [2.75, 3.05) is 0 Å². The second kappa shape index (κ2) is 10.6. The van der Waals surface area contributed by atoms with Crippen LogP contribution in [0.3, 0.4) is 0 Å². The molecule has 12 rings (SSSR count). The average molecular weight is 698 g/mol. The summed E-state index contributed by atoms with van der Waals surface area (Å²) in [5, 5.41) is 5.26. The molecule has 0 N–H and O–H groups in total. The third-order valence-electron chi connectivity index (χ3n) is 13.4. The molecule has 0 aliphatic heterocycles. The molecule has 0 radical (unpaired) electrons. The molecule has 0 bridgehead atoms. The zero-order valence-electron chi connectivity index (χ0n) is 30.2. The molecular weight excluding hydrogens is 659 g/mol. The maximum Gasteiger partial charge on any atom is 0.0547 e. The van der Waals surface area contributed by atoms with Crippen LogP contribution in [0.15, 0.2) is 140 Å². The third kappa shape index (κ3) is 3.97. The van der Waals surface area contributed by atoms with Crippen LogP contribution < -0.4 is 0 Å². The number of para-hydroxylation sites is 1. The second-order valence-corrected chi connectivity index (χ2v) is 17.5. The minimum atomic E-state index is -0.0916. The number of aromatic nitrogens is 1. The minimum Gasteiger partial charge on any atom is -0.309 e. The summed E-state index contributed by atoms with van der Waals surface area (Å²) in [6, 6.07) is 53.6. The zero-order chi connectivity index (χ0) is 35.1. The molecule has 1 nitrogen and oxygen atoms in total. The lowest BCUT2D eigenvalue weighted by atomic mass is 9.67. The Hall–Kier alpha value is -5.44. The topological polar surface area (TPSA) is 4.93 Å². The lowest BCUT2D eigenvalue weighted by Gasteiger charge is -2.36. The Kier molecular flexibility index (Phi) is 6.00. The Morgan fingerprint density at radius 3 is 2.00 bits per heavy atom. The van der Waals surface area contributed by atoms with Crippen molar-refractivity contribution < 1.29 is 0 Å². The van der Waals surface area contributed by atoms with Crippen LogP contribution in [0.25, 0.3) is 81.0 Å². The third-order valence-corrected chi connectivity index (χ3v) is 14.5. The normalized spacial score (nSPS) is 16.4. The maximum absolute atomic E-state index is 2.63. The molecule has 0 amide bonds. The van der Waals surface area contributed by atoms with Crippen molar-refractivity contribution >= 4 is 53.3 Å². The first-order valence-electron chi connectivity index (χ1n) is 19.4. The van der Waals surface area contributed by atoms with Gasteiger partial charge in [-0.25, -0.2) is 0 Å². The smallest absolute Gasteiger partial charge is 0.0547 e. The van der Waals surface area contributed by atoms with E-state index in [4.69, 9.17) is 0 Å². The summed E-state index contributed by atoms with van der Waals surface area (Å²) >= 11 is 1.89. The summed E-state index contributed by atoms with van der Waals surface area (Å²) < 4.78 is 5.15. The number of rotatable bonds is 2. The fraction of sp³-hybridized carbons (Fsp3) is 0.176. The van der Waals surface area contributed by atoms with Gasteiger partial charge in [-0.1, -0.05) is 124 Å². The Bertz CT molecular complexity index is 3020. The second-order valence-electron chi connectivity index (χ2n) is 16.4. The molecule has 2 heterocycles. The molecule has 9 aromatic rings. The summed E-state index contributed by atoms with van der Waals surface area (Å²) in [4.78, 5) is 0. The first-order valence-corrected chi connectivity index (χ1v) is 20.2. The molecular formula is C51H39NS. The van der Waals surface area contributed by atoms with Crippen LogP contribution in [0.1, 0.15) is 68.2 Å². The summed E-state index contributed by atoms with van der Waals surface area (Å²) in [6.45, 7) is 4.88. The van der Waals surface area contributed by atoms with Crippen LogP contribution in [0, 0.1) is 0 Å². The zero-order valence-corrected chi connectivity index (χ0v) is 31.0. The highest BCUT2D eigenvalue weighted by Gasteiger charge is 2.46. The number of fused-ring (bicyclic) bond motifs is 14. The van der Waals surface area contributed by atoms with Crippen LogP contribution in [0.5, 0.6) is 0 Å². The van der Waals surface area contributed by atoms with Gasteiger partial charge in [0.25, 0.3) is 0 Å². The Labute approximate surface area is 314 Å². The van der Waals surface area contributed by atoms with Crippen LogP contribution in [0.2, 0.25) is 0 Å². The average Bonchev–Trinajstić information content (AvgIpc) is 3.88. The number of benzene rings is 7. The van der Waals surface area contributed by atoms with Gasteiger partial charge in [-0.3, -0.25) is 0 Å². The molecule has 1 saturated carbocycles. The van der Waals surface area contributed by atoms with E-state index in [1.54, 1.807) is 11.1 Å². The number of hydrogen-bond acceptors (Lipinski definition) is 1. The molecule has 0 unspecified atom stereocenters. The molecule has 3 aliphatic carbocycles. The van der Waals surface area contributed by atoms with Crippen LogP contribution in [-0.2, 0) is 10.8 Å². The molecule has 3 aliphatic rings. The van der Waals surface area contributed by atoms with E-state index in [1.807, 2.05) is 11.3 Å². The van der Waals surface area contributed by atoms with Gasteiger partial charge in [0.1, 0.15) is 0 Å². The summed E-state index contributed by atoms with van der Waals surface area (Å²) in [5.74, 6) is 0. The van der Waals surface area contributed by atoms with Crippen molar-refractivity contribution in [3.8, 4) is 39.1 Å². The summed E-state index contributed by atoms with van der Waals surface area (Å²) in [6.07, 6.45) is 6.53. The highest BCUT2D eigenvalue weighted by Crippen LogP contribution is 2.60. The SMILES string of the molecule is CC1(C)c2cc(-c3ccc4c5ccccc5n(-c5ccc6c(c5)sc5ccccc56)c4c3)ccc2-c2cc3c(cc21)-c1ccccc1C31CCCCC1. The van der Waals surface area contributed by atoms with Crippen LogP contribution in [-0.4, -0.2) is 4.57 Å². The van der Waals surface area contributed by atoms with Gasteiger partial charge in [-0.05, 0) is 117 Å². The standard InChI is InChI=1S/C51H39NS/c1-50(2)43-26-31(18-21-35(43)40-30-45-41(29-44(40)50)34-12-4-7-15-42(34)51(45)24-10-3-11-25-51)32-19-22-37-36-13-5-8-16-46(36)52(47(37)27-32)33-20-23-39-38-14-6-9-17-48(38)53-49(39)28-33/h4-9,12-23,26-30H,3,10-11,24-25H2,1-2H3. The molecule has 0 atom stereocenters. The van der Waals surface area contributed by atoms with Crippen LogP contribution >= 0.6 is 11.3 Å². The van der Waals surface area contributed by atoms with E-state index in [0.29, 0.717) is 0 Å². The van der Waals surface area contributed by atoms with Crippen molar-refractivity contribution in [2.45, 2.75) is 56.8 Å². The summed E-state index contributed by atoms with van der Waals surface area (Å²) in [5.41, 5.74) is 18.2. The van der Waals surface area contributed by atoms with Crippen LogP contribution in [0.4, 0.5) is 0 Å². The van der Waals surface area contributed by atoms with E-state index in [-0.39, 0.29) is 10.8 Å². The molecule has 7 aromatic carbocycles. The van der Waals surface area contributed by atoms with Gasteiger partial charge in [0.15, 0.2) is 0 Å². The van der Waals surface area contributed by atoms with Gasteiger partial charge in [0.05, 0.1) is 11.0 Å². The highest BCUT2D eigenvalue weighted by molar-refractivity contribution is 7.25. The van der Waals surface area contributed by atoms with Gasteiger partial charge in [-0.2, -0.15) is 0 Å². The lowest BCUT2D eigenvalue weighted by Crippen LogP contribution is -2.28. The summed E-state index contributed by atoms with van der Waals surface area (Å²) in [7, 11) is 0. The monoisotopic (exact) mass is 697 g/mol. The van der Waals surface area contributed by atoms with Gasteiger partial charge in [-0.15, -0.1) is 11.3 Å². The molecule has 1 fully saturated rings. The minimum absolute atomic E-state index is 0.0916. The van der Waals surface area contributed by atoms with E-state index in [9.17, 15) is 0 Å². The van der Waals surface area contributed by atoms with Gasteiger partial charge in [0.2, 0.25) is 0 Å². The quantitative estimate of drug-likeness (QED) is 0.169. The van der Waals surface area contributed by atoms with E-state index < -0.39 is 0 Å². The predicted molar refractivity (Wildman–Crippen MR) is 226 cm³/mol. The Morgan fingerprint density at radius 2 is 1.09 bits per heavy atom. The first-order chi connectivity index (χ1) is 26.0. The molecule has 254 valence electrons. The van der Waals surface area contributed by atoms with Crippen molar-refractivity contribution in [1.82, 2.24) is 4.57 Å². The van der Waals surface area contributed by atoms with Crippen molar-refractivity contribution in [2.24, 2.45) is 0 Å². The Morgan fingerprint density at radius 1 is 0.453 bits per heavy atom. The van der Waals surface area contributed by atoms with Gasteiger partial charge < -0.3 is 4.57 Å². The number of hydrogen-bond donors (Lipinski definition) is 0. The van der Waals surface area contributed by atoms with E-state index >= 15 is 0 Å². The molecule has 2 aromatic heterocycles. The molecule has 1 spiro atoms. The van der Waals surface area contributed by atoms with Crippen molar-refractivity contribution in [3.05, 3.63) is 162 Å². The fourth-order valence-electron chi connectivity index (χ4n) is 10.8. The largest absolute Gasteiger partial charge is 0.309 e. The highest BCUT2D eigenvalue weighted by atomic mass is 32.1. The molecule has 0 saturated heterocycles. The van der Waals surface area contributed by atoms with Crippen molar-refractivity contribution in [1.29, 1.82) is 0 Å². The van der Waals surface area contributed by atoms with E-state index in [2.05, 4.69) is 158 Å². The Balaban J connectivity index is 1.01. The maximum atomic E-state index is 2.63.